The molecule has 1 saturated heterocycles. The Labute approximate surface area is 234 Å². The Bertz CT molecular complexity index is 1440. The minimum atomic E-state index is -3.69. The van der Waals surface area contributed by atoms with E-state index in [1.165, 1.54) is 4.31 Å². The molecule has 2 aliphatic heterocycles. The Morgan fingerprint density at radius 2 is 1.62 bits per heavy atom. The van der Waals surface area contributed by atoms with Gasteiger partial charge in [-0.05, 0) is 61.7 Å². The highest BCUT2D eigenvalue weighted by Crippen LogP contribution is 2.36. The van der Waals surface area contributed by atoms with Crippen molar-refractivity contribution in [3.05, 3.63) is 84.4 Å². The van der Waals surface area contributed by atoms with E-state index in [1.807, 2.05) is 43.3 Å². The van der Waals surface area contributed by atoms with E-state index in [0.717, 1.165) is 5.56 Å². The predicted molar refractivity (Wildman–Crippen MR) is 151 cm³/mol. The van der Waals surface area contributed by atoms with Crippen molar-refractivity contribution < 1.29 is 27.5 Å². The first-order chi connectivity index (χ1) is 19.4. The summed E-state index contributed by atoms with van der Waals surface area (Å²) in [4.78, 5) is 28.6. The Kier molecular flexibility index (Phi) is 8.37. The maximum Gasteiger partial charge on any atom is 0.263 e. The highest BCUT2D eigenvalue weighted by molar-refractivity contribution is 7.89. The van der Waals surface area contributed by atoms with Gasteiger partial charge in [-0.25, -0.2) is 8.42 Å². The van der Waals surface area contributed by atoms with Crippen LogP contribution >= 0.6 is 0 Å². The number of hydrogen-bond donors (Lipinski definition) is 1. The normalized spacial score (nSPS) is 17.9. The topological polar surface area (TPSA) is 105 Å². The number of carbonyl (C=O) groups excluding carboxylic acids is 2. The quantitative estimate of drug-likeness (QED) is 0.449. The number of anilines is 1. The second kappa shape index (κ2) is 12.1. The Morgan fingerprint density at radius 3 is 2.33 bits per heavy atom. The summed E-state index contributed by atoms with van der Waals surface area (Å²) in [5, 5.41) is 2.90. The molecule has 9 nitrogen and oxygen atoms in total. The van der Waals surface area contributed by atoms with Crippen molar-refractivity contribution in [2.45, 2.75) is 37.3 Å². The SMILES string of the molecule is CCOc1ccc(S(=O)(=O)N2CCC(C(=O)N3C[C@H](C(=O)NCc4ccccc4)Oc4ccccc43)CC2)cc1. The minimum Gasteiger partial charge on any atom is -0.494 e. The van der Waals surface area contributed by atoms with Gasteiger partial charge >= 0.3 is 0 Å². The third-order valence-corrected chi connectivity index (χ3v) is 9.13. The molecule has 2 aliphatic rings. The number of amides is 2. The molecule has 0 aromatic heterocycles. The zero-order chi connectivity index (χ0) is 28.1. The van der Waals surface area contributed by atoms with Crippen LogP contribution in [0.3, 0.4) is 0 Å². The van der Waals surface area contributed by atoms with Crippen LogP contribution in [-0.4, -0.2) is 56.9 Å². The lowest BCUT2D eigenvalue weighted by molar-refractivity contribution is -0.129. The molecule has 10 heteroatoms. The maximum atomic E-state index is 13.7. The van der Waals surface area contributed by atoms with Crippen molar-refractivity contribution in [1.29, 1.82) is 0 Å². The summed E-state index contributed by atoms with van der Waals surface area (Å²) in [5.74, 6) is 0.286. The maximum absolute atomic E-state index is 13.7. The van der Waals surface area contributed by atoms with E-state index in [2.05, 4.69) is 5.32 Å². The average Bonchev–Trinajstić information content (AvgIpc) is 3.00. The molecule has 40 heavy (non-hydrogen) atoms. The van der Waals surface area contributed by atoms with Crippen molar-refractivity contribution in [2.75, 3.05) is 31.1 Å². The smallest absolute Gasteiger partial charge is 0.263 e. The molecule has 2 amide bonds. The lowest BCUT2D eigenvalue weighted by atomic mass is 9.95. The summed E-state index contributed by atoms with van der Waals surface area (Å²) in [6.07, 6.45) is -0.0819. The van der Waals surface area contributed by atoms with Crippen LogP contribution < -0.4 is 19.7 Å². The number of rotatable bonds is 8. The van der Waals surface area contributed by atoms with Crippen molar-refractivity contribution in [2.24, 2.45) is 5.92 Å². The molecule has 0 spiro atoms. The van der Waals surface area contributed by atoms with Gasteiger partial charge in [0.15, 0.2) is 6.10 Å². The summed E-state index contributed by atoms with van der Waals surface area (Å²) in [7, 11) is -3.69. The van der Waals surface area contributed by atoms with Gasteiger partial charge in [0.1, 0.15) is 11.5 Å². The van der Waals surface area contributed by atoms with Crippen LogP contribution in [0.1, 0.15) is 25.3 Å². The number of carbonyl (C=O) groups is 2. The number of benzene rings is 3. The lowest BCUT2D eigenvalue weighted by Gasteiger charge is -2.38. The lowest BCUT2D eigenvalue weighted by Crippen LogP contribution is -2.53. The van der Waals surface area contributed by atoms with Gasteiger partial charge < -0.3 is 19.7 Å². The number of hydrogen-bond acceptors (Lipinski definition) is 6. The Hall–Kier alpha value is -3.89. The number of sulfonamides is 1. The molecule has 0 bridgehead atoms. The number of piperidine rings is 1. The van der Waals surface area contributed by atoms with Gasteiger partial charge in [-0.3, -0.25) is 9.59 Å². The molecular formula is C30H33N3O6S. The molecule has 0 saturated carbocycles. The highest BCUT2D eigenvalue weighted by atomic mass is 32.2. The third kappa shape index (κ3) is 5.97. The molecule has 210 valence electrons. The zero-order valence-corrected chi connectivity index (χ0v) is 23.2. The average molecular weight is 564 g/mol. The molecule has 0 aliphatic carbocycles. The highest BCUT2D eigenvalue weighted by Gasteiger charge is 2.39. The number of fused-ring (bicyclic) bond motifs is 1. The Balaban J connectivity index is 1.24. The van der Waals surface area contributed by atoms with E-state index in [0.29, 0.717) is 43.2 Å². The number of para-hydroxylation sites is 2. The Morgan fingerprint density at radius 1 is 0.950 bits per heavy atom. The van der Waals surface area contributed by atoms with Crippen LogP contribution in [0.25, 0.3) is 0 Å². The number of nitrogens with zero attached hydrogens (tertiary/aromatic N) is 2. The first-order valence-corrected chi connectivity index (χ1v) is 14.9. The standard InChI is InChI=1S/C30H33N3O6S/c1-2-38-24-12-14-25(15-13-24)40(36,37)32-18-16-23(17-19-32)30(35)33-21-28(39-27-11-7-6-10-26(27)33)29(34)31-20-22-8-4-3-5-9-22/h3-15,23,28H,2,16-21H2,1H3,(H,31,34)/t28-/m1/s1. The molecule has 0 unspecified atom stereocenters. The fourth-order valence-corrected chi connectivity index (χ4v) is 6.54. The predicted octanol–water partition coefficient (Wildman–Crippen LogP) is 3.60. The van der Waals surface area contributed by atoms with E-state index < -0.39 is 16.1 Å². The van der Waals surface area contributed by atoms with Gasteiger partial charge in [0.2, 0.25) is 15.9 Å². The number of nitrogens with one attached hydrogen (secondary N) is 1. The van der Waals surface area contributed by atoms with Crippen molar-refractivity contribution in [3.63, 3.8) is 0 Å². The second-order valence-corrected chi connectivity index (χ2v) is 11.7. The van der Waals surface area contributed by atoms with Gasteiger partial charge in [-0.2, -0.15) is 4.31 Å². The van der Waals surface area contributed by atoms with E-state index in [9.17, 15) is 18.0 Å². The van der Waals surface area contributed by atoms with Crippen LogP contribution in [-0.2, 0) is 26.2 Å². The molecule has 0 radical (unpaired) electrons. The van der Waals surface area contributed by atoms with E-state index in [-0.39, 0.29) is 42.3 Å². The largest absolute Gasteiger partial charge is 0.494 e. The number of ether oxygens (including phenoxy) is 2. The van der Waals surface area contributed by atoms with Gasteiger partial charge in [-0.15, -0.1) is 0 Å². The zero-order valence-electron chi connectivity index (χ0n) is 22.4. The summed E-state index contributed by atoms with van der Waals surface area (Å²) < 4.78 is 39.2. The van der Waals surface area contributed by atoms with Gasteiger partial charge in [0.25, 0.3) is 5.91 Å². The van der Waals surface area contributed by atoms with Crippen LogP contribution in [0.5, 0.6) is 11.5 Å². The first kappa shape index (κ1) is 27.7. The molecule has 1 N–H and O–H groups in total. The molecule has 3 aromatic carbocycles. The summed E-state index contributed by atoms with van der Waals surface area (Å²) in [6, 6.07) is 23.1. The van der Waals surface area contributed by atoms with E-state index in [1.54, 1.807) is 47.4 Å². The van der Waals surface area contributed by atoms with Gasteiger partial charge in [-0.1, -0.05) is 42.5 Å². The monoisotopic (exact) mass is 563 g/mol. The molecular weight excluding hydrogens is 530 g/mol. The summed E-state index contributed by atoms with van der Waals surface area (Å²) in [5.41, 5.74) is 1.58. The minimum absolute atomic E-state index is 0.0845. The fourth-order valence-electron chi connectivity index (χ4n) is 5.07. The first-order valence-electron chi connectivity index (χ1n) is 13.5. The van der Waals surface area contributed by atoms with Crippen molar-refractivity contribution >= 4 is 27.5 Å². The van der Waals surface area contributed by atoms with Crippen LogP contribution in [0.4, 0.5) is 5.69 Å². The van der Waals surface area contributed by atoms with E-state index in [4.69, 9.17) is 9.47 Å². The van der Waals surface area contributed by atoms with Crippen LogP contribution in [0.2, 0.25) is 0 Å². The molecule has 2 heterocycles. The van der Waals surface area contributed by atoms with Crippen molar-refractivity contribution in [3.8, 4) is 11.5 Å². The molecule has 1 fully saturated rings. The third-order valence-electron chi connectivity index (χ3n) is 7.22. The summed E-state index contributed by atoms with van der Waals surface area (Å²) in [6.45, 7) is 3.28. The summed E-state index contributed by atoms with van der Waals surface area (Å²) >= 11 is 0. The fraction of sp³-hybridized carbons (Fsp3) is 0.333. The second-order valence-electron chi connectivity index (χ2n) is 9.81. The molecule has 3 aromatic rings. The van der Waals surface area contributed by atoms with Crippen LogP contribution in [0.15, 0.2) is 83.8 Å². The van der Waals surface area contributed by atoms with Crippen molar-refractivity contribution in [1.82, 2.24) is 9.62 Å². The molecule has 5 rings (SSSR count). The van der Waals surface area contributed by atoms with E-state index >= 15 is 0 Å². The van der Waals surface area contributed by atoms with Crippen LogP contribution in [0, 0.1) is 5.92 Å². The van der Waals surface area contributed by atoms with Gasteiger partial charge in [0, 0.05) is 25.6 Å². The molecule has 1 atom stereocenters. The van der Waals surface area contributed by atoms with Gasteiger partial charge in [0.05, 0.1) is 23.7 Å².